The van der Waals surface area contributed by atoms with Crippen molar-refractivity contribution in [1.82, 2.24) is 5.06 Å². The van der Waals surface area contributed by atoms with Crippen LogP contribution in [0.2, 0.25) is 0 Å². The third-order valence-electron chi connectivity index (χ3n) is 3.13. The lowest BCUT2D eigenvalue weighted by Gasteiger charge is -2.24. The number of rotatable bonds is 10. The zero-order valence-electron chi connectivity index (χ0n) is 13.8. The van der Waals surface area contributed by atoms with Crippen molar-refractivity contribution >= 4 is 5.71 Å². The molecule has 0 amide bonds. The number of aliphatic imine (C=N–C) groups is 1. The van der Waals surface area contributed by atoms with E-state index < -0.39 is 0 Å². The Morgan fingerprint density at radius 1 is 1.30 bits per heavy atom. The van der Waals surface area contributed by atoms with Gasteiger partial charge in [-0.05, 0) is 37.8 Å². The van der Waals surface area contributed by atoms with E-state index in [-0.39, 0.29) is 0 Å². The molecule has 0 aromatic heterocycles. The summed E-state index contributed by atoms with van der Waals surface area (Å²) >= 11 is 0. The molecule has 0 atom stereocenters. The molecule has 3 nitrogen and oxygen atoms in total. The summed E-state index contributed by atoms with van der Waals surface area (Å²) in [6, 6.07) is 0. The van der Waals surface area contributed by atoms with Crippen LogP contribution in [0.4, 0.5) is 0 Å². The Labute approximate surface area is 124 Å². The van der Waals surface area contributed by atoms with Gasteiger partial charge in [0.1, 0.15) is 0 Å². The lowest BCUT2D eigenvalue weighted by atomic mass is 10.1. The quantitative estimate of drug-likeness (QED) is 0.249. The topological polar surface area (TPSA) is 24.8 Å². The molecule has 20 heavy (non-hydrogen) atoms. The van der Waals surface area contributed by atoms with Crippen molar-refractivity contribution in [3.63, 3.8) is 0 Å². The Hall–Kier alpha value is -1.35. The van der Waals surface area contributed by atoms with E-state index in [1.54, 1.807) is 19.4 Å². The van der Waals surface area contributed by atoms with Crippen molar-refractivity contribution in [2.75, 3.05) is 13.7 Å². The molecular weight excluding hydrogens is 248 g/mol. The van der Waals surface area contributed by atoms with Gasteiger partial charge in [0.2, 0.25) is 0 Å². The van der Waals surface area contributed by atoms with E-state index in [9.17, 15) is 0 Å². The number of allylic oxidation sites excluding steroid dienone is 2. The SMILES string of the molecule is C=CC(C)=NC=C(C)C(=C)N(CCCCC(C)C)OC. The zero-order chi connectivity index (χ0) is 15.5. The molecule has 0 bridgehead atoms. The van der Waals surface area contributed by atoms with E-state index in [0.29, 0.717) is 0 Å². The molecule has 114 valence electrons. The van der Waals surface area contributed by atoms with Crippen molar-refractivity contribution in [1.29, 1.82) is 0 Å². The van der Waals surface area contributed by atoms with Gasteiger partial charge in [0.25, 0.3) is 0 Å². The van der Waals surface area contributed by atoms with Gasteiger partial charge >= 0.3 is 0 Å². The average Bonchev–Trinajstić information content (AvgIpc) is 2.43. The fourth-order valence-electron chi connectivity index (χ4n) is 1.67. The van der Waals surface area contributed by atoms with E-state index in [4.69, 9.17) is 4.84 Å². The highest BCUT2D eigenvalue weighted by atomic mass is 16.7. The van der Waals surface area contributed by atoms with E-state index in [1.165, 1.54) is 12.8 Å². The lowest BCUT2D eigenvalue weighted by Crippen LogP contribution is -2.23. The van der Waals surface area contributed by atoms with Crippen molar-refractivity contribution in [3.8, 4) is 0 Å². The Morgan fingerprint density at radius 2 is 1.95 bits per heavy atom. The standard InChI is InChI=1S/C17H30N2O/c1-8-16(5)18-13-15(4)17(6)19(20-7)12-10-9-11-14(2)3/h8,13-14H,1,6,9-12H2,2-5,7H3. The molecule has 0 unspecified atom stereocenters. The van der Waals surface area contributed by atoms with E-state index in [2.05, 4.69) is 32.0 Å². The summed E-state index contributed by atoms with van der Waals surface area (Å²) in [6.45, 7) is 17.0. The predicted molar refractivity (Wildman–Crippen MR) is 88.6 cm³/mol. The summed E-state index contributed by atoms with van der Waals surface area (Å²) in [4.78, 5) is 9.69. The van der Waals surface area contributed by atoms with Crippen molar-refractivity contribution in [2.45, 2.75) is 47.0 Å². The van der Waals surface area contributed by atoms with E-state index in [1.807, 2.05) is 18.9 Å². The maximum absolute atomic E-state index is 5.40. The highest BCUT2D eigenvalue weighted by Crippen LogP contribution is 2.15. The van der Waals surface area contributed by atoms with Gasteiger partial charge < -0.3 is 0 Å². The van der Waals surface area contributed by atoms with Gasteiger partial charge in [-0.25, -0.2) is 0 Å². The molecule has 0 aliphatic carbocycles. The Morgan fingerprint density at radius 3 is 2.45 bits per heavy atom. The van der Waals surface area contributed by atoms with Crippen LogP contribution in [-0.2, 0) is 4.84 Å². The second kappa shape index (κ2) is 10.4. The van der Waals surface area contributed by atoms with Crippen LogP contribution in [0.1, 0.15) is 47.0 Å². The van der Waals surface area contributed by atoms with Crippen molar-refractivity contribution in [3.05, 3.63) is 36.7 Å². The summed E-state index contributed by atoms with van der Waals surface area (Å²) in [6.07, 6.45) is 7.10. The third kappa shape index (κ3) is 7.95. The first-order valence-electron chi connectivity index (χ1n) is 7.26. The summed E-state index contributed by atoms with van der Waals surface area (Å²) in [5, 5.41) is 1.84. The Balaban J connectivity index is 4.42. The number of unbranched alkanes of at least 4 members (excludes halogenated alkanes) is 1. The van der Waals surface area contributed by atoms with Gasteiger partial charge in [0.05, 0.1) is 12.8 Å². The number of nitrogens with zero attached hydrogens (tertiary/aromatic N) is 2. The molecule has 0 aliphatic heterocycles. The highest BCUT2D eigenvalue weighted by molar-refractivity contribution is 5.92. The highest BCUT2D eigenvalue weighted by Gasteiger charge is 2.08. The minimum atomic E-state index is 0.757. The van der Waals surface area contributed by atoms with Gasteiger partial charge in [-0.15, -0.1) is 0 Å². The molecule has 0 aromatic rings. The second-order valence-corrected chi connectivity index (χ2v) is 5.41. The molecule has 0 aliphatic rings. The number of hydrogen-bond donors (Lipinski definition) is 0. The fourth-order valence-corrected chi connectivity index (χ4v) is 1.67. The van der Waals surface area contributed by atoms with E-state index in [0.717, 1.165) is 35.9 Å². The molecule has 0 N–H and O–H groups in total. The van der Waals surface area contributed by atoms with Crippen molar-refractivity contribution < 1.29 is 4.84 Å². The van der Waals surface area contributed by atoms with Crippen molar-refractivity contribution in [2.24, 2.45) is 10.9 Å². The number of hydroxylamine groups is 2. The summed E-state index contributed by atoms with van der Waals surface area (Å²) < 4.78 is 0. The molecule has 0 spiro atoms. The monoisotopic (exact) mass is 278 g/mol. The minimum Gasteiger partial charge on any atom is -0.277 e. The normalized spacial score (nSPS) is 12.7. The predicted octanol–water partition coefficient (Wildman–Crippen LogP) is 4.74. The van der Waals surface area contributed by atoms with Gasteiger partial charge in [-0.1, -0.05) is 39.8 Å². The lowest BCUT2D eigenvalue weighted by molar-refractivity contribution is -0.0980. The van der Waals surface area contributed by atoms with E-state index >= 15 is 0 Å². The van der Waals surface area contributed by atoms with Crippen LogP contribution >= 0.6 is 0 Å². The first-order valence-corrected chi connectivity index (χ1v) is 7.26. The maximum atomic E-state index is 5.40. The van der Waals surface area contributed by atoms with Crippen LogP contribution in [0.5, 0.6) is 0 Å². The molecule has 0 heterocycles. The van der Waals surface area contributed by atoms with Crippen LogP contribution in [0.15, 0.2) is 41.7 Å². The van der Waals surface area contributed by atoms with Crippen LogP contribution < -0.4 is 0 Å². The average molecular weight is 278 g/mol. The minimum absolute atomic E-state index is 0.757. The number of hydrogen-bond acceptors (Lipinski definition) is 3. The van der Waals surface area contributed by atoms with Gasteiger partial charge in [0, 0.05) is 18.5 Å². The smallest absolute Gasteiger partial charge is 0.0639 e. The molecular formula is C17H30N2O. The molecule has 0 fully saturated rings. The van der Waals surface area contributed by atoms with Crippen LogP contribution in [0, 0.1) is 5.92 Å². The fraction of sp³-hybridized carbons (Fsp3) is 0.588. The second-order valence-electron chi connectivity index (χ2n) is 5.41. The summed E-state index contributed by atoms with van der Waals surface area (Å²) in [5.74, 6) is 0.757. The van der Waals surface area contributed by atoms with Crippen LogP contribution in [0.25, 0.3) is 0 Å². The van der Waals surface area contributed by atoms with Gasteiger partial charge in [0.15, 0.2) is 0 Å². The first kappa shape index (κ1) is 18.7. The Bertz CT molecular complexity index is 367. The molecule has 3 heteroatoms. The Kier molecular flexibility index (Phi) is 9.73. The van der Waals surface area contributed by atoms with Gasteiger partial charge in [-0.2, -0.15) is 0 Å². The molecule has 0 saturated carbocycles. The molecule has 0 radical (unpaired) electrons. The molecule has 0 saturated heterocycles. The van der Waals surface area contributed by atoms with Crippen LogP contribution in [0.3, 0.4) is 0 Å². The maximum Gasteiger partial charge on any atom is 0.0639 e. The molecule has 0 rings (SSSR count). The summed E-state index contributed by atoms with van der Waals surface area (Å²) in [7, 11) is 1.68. The third-order valence-corrected chi connectivity index (χ3v) is 3.13. The zero-order valence-corrected chi connectivity index (χ0v) is 13.8. The van der Waals surface area contributed by atoms with Gasteiger partial charge in [-0.3, -0.25) is 14.9 Å². The van der Waals surface area contributed by atoms with Crippen LogP contribution in [-0.4, -0.2) is 24.4 Å². The largest absolute Gasteiger partial charge is 0.277 e. The molecule has 0 aromatic carbocycles. The summed E-state index contributed by atoms with van der Waals surface area (Å²) in [5.41, 5.74) is 2.74. The first-order chi connectivity index (χ1) is 9.42.